The molecule has 0 bridgehead atoms. The maximum atomic E-state index is 11.4. The number of hydrogen-bond donors (Lipinski definition) is 1. The molecule has 0 aliphatic heterocycles. The van der Waals surface area contributed by atoms with Gasteiger partial charge in [0.25, 0.3) is 0 Å². The van der Waals surface area contributed by atoms with Gasteiger partial charge < -0.3 is 5.32 Å². The van der Waals surface area contributed by atoms with Gasteiger partial charge in [-0.1, -0.05) is 65.5 Å². The predicted molar refractivity (Wildman–Crippen MR) is 84.3 cm³/mol. The van der Waals surface area contributed by atoms with E-state index >= 15 is 0 Å². The number of allylic oxidation sites excluding steroid dienone is 1. The topological polar surface area (TPSA) is 29.1 Å². The molecule has 0 aliphatic rings. The van der Waals surface area contributed by atoms with Crippen LogP contribution in [0.5, 0.6) is 0 Å². The van der Waals surface area contributed by atoms with Gasteiger partial charge in [0.2, 0.25) is 5.91 Å². The van der Waals surface area contributed by atoms with Gasteiger partial charge in [-0.05, 0) is 24.7 Å². The quantitative estimate of drug-likeness (QED) is 0.741. The van der Waals surface area contributed by atoms with E-state index in [0.29, 0.717) is 10.9 Å². The second-order valence-corrected chi connectivity index (χ2v) is 5.32. The summed E-state index contributed by atoms with van der Waals surface area (Å²) in [6.45, 7) is 18.0. The SMILES string of the molecule is C=C(NC(=O)C(C)C)S/C=C(/C)[C@@H](C)CC.CC. The Hall–Kier alpha value is -0.700. The highest BCUT2D eigenvalue weighted by Crippen LogP contribution is 2.21. The maximum absolute atomic E-state index is 11.4. The van der Waals surface area contributed by atoms with E-state index in [9.17, 15) is 4.79 Å². The van der Waals surface area contributed by atoms with E-state index in [1.54, 1.807) is 0 Å². The predicted octanol–water partition coefficient (Wildman–Crippen LogP) is 4.94. The molecule has 3 heteroatoms. The van der Waals surface area contributed by atoms with Gasteiger partial charge in [-0.25, -0.2) is 0 Å². The highest BCUT2D eigenvalue weighted by atomic mass is 32.2. The van der Waals surface area contributed by atoms with Crippen molar-refractivity contribution in [1.29, 1.82) is 0 Å². The molecule has 1 N–H and O–H groups in total. The van der Waals surface area contributed by atoms with Crippen molar-refractivity contribution >= 4 is 17.7 Å². The lowest BCUT2D eigenvalue weighted by Crippen LogP contribution is -2.25. The fourth-order valence-electron chi connectivity index (χ4n) is 0.913. The van der Waals surface area contributed by atoms with Crippen LogP contribution in [-0.4, -0.2) is 5.91 Å². The van der Waals surface area contributed by atoms with Crippen LogP contribution < -0.4 is 5.32 Å². The van der Waals surface area contributed by atoms with Crippen molar-refractivity contribution in [3.63, 3.8) is 0 Å². The Balaban J connectivity index is 0. The average molecular weight is 271 g/mol. The van der Waals surface area contributed by atoms with Crippen LogP contribution >= 0.6 is 11.8 Å². The van der Waals surface area contributed by atoms with Crippen molar-refractivity contribution in [3.8, 4) is 0 Å². The molecule has 0 rings (SSSR count). The number of hydrogen-bond acceptors (Lipinski definition) is 2. The highest BCUT2D eigenvalue weighted by molar-refractivity contribution is 8.05. The molecule has 0 saturated heterocycles. The van der Waals surface area contributed by atoms with E-state index in [1.165, 1.54) is 17.3 Å². The van der Waals surface area contributed by atoms with Crippen molar-refractivity contribution in [3.05, 3.63) is 22.6 Å². The Morgan fingerprint density at radius 1 is 1.33 bits per heavy atom. The number of carbonyl (C=O) groups is 1. The Labute approximate surface area is 117 Å². The van der Waals surface area contributed by atoms with Crippen molar-refractivity contribution in [1.82, 2.24) is 5.32 Å². The Kier molecular flexibility index (Phi) is 12.4. The molecular weight excluding hydrogens is 242 g/mol. The summed E-state index contributed by atoms with van der Waals surface area (Å²) < 4.78 is 0. The molecule has 0 aromatic rings. The zero-order valence-corrected chi connectivity index (χ0v) is 13.8. The summed E-state index contributed by atoms with van der Waals surface area (Å²) in [5, 5.41) is 5.54. The minimum Gasteiger partial charge on any atom is -0.321 e. The van der Waals surface area contributed by atoms with Crippen molar-refractivity contribution in [2.75, 3.05) is 0 Å². The summed E-state index contributed by atoms with van der Waals surface area (Å²) in [4.78, 5) is 11.4. The average Bonchev–Trinajstić information content (AvgIpc) is 2.37. The molecule has 0 spiro atoms. The molecule has 106 valence electrons. The smallest absolute Gasteiger partial charge is 0.227 e. The zero-order valence-electron chi connectivity index (χ0n) is 13.0. The molecule has 0 radical (unpaired) electrons. The minimum atomic E-state index is -0.00279. The number of amides is 1. The maximum Gasteiger partial charge on any atom is 0.227 e. The second kappa shape index (κ2) is 11.4. The van der Waals surface area contributed by atoms with Crippen LogP contribution in [0.4, 0.5) is 0 Å². The van der Waals surface area contributed by atoms with Crippen LogP contribution in [0.3, 0.4) is 0 Å². The number of carbonyl (C=O) groups excluding carboxylic acids is 1. The third-order valence-electron chi connectivity index (χ3n) is 2.56. The molecule has 0 fully saturated rings. The van der Waals surface area contributed by atoms with Gasteiger partial charge >= 0.3 is 0 Å². The van der Waals surface area contributed by atoms with Crippen LogP contribution in [-0.2, 0) is 4.79 Å². The Bertz CT molecular complexity index is 282. The molecule has 2 nitrogen and oxygen atoms in total. The van der Waals surface area contributed by atoms with Crippen LogP contribution in [0.15, 0.2) is 22.6 Å². The van der Waals surface area contributed by atoms with Gasteiger partial charge in [0.1, 0.15) is 0 Å². The van der Waals surface area contributed by atoms with E-state index in [1.807, 2.05) is 27.7 Å². The van der Waals surface area contributed by atoms with Crippen LogP contribution in [0.25, 0.3) is 0 Å². The minimum absolute atomic E-state index is 0.00279. The van der Waals surface area contributed by atoms with E-state index in [4.69, 9.17) is 0 Å². The number of rotatable bonds is 6. The summed E-state index contributed by atoms with van der Waals surface area (Å²) in [5.74, 6) is 0.602. The highest BCUT2D eigenvalue weighted by Gasteiger charge is 2.07. The molecular formula is C15H29NOS. The van der Waals surface area contributed by atoms with E-state index < -0.39 is 0 Å². The first-order chi connectivity index (χ1) is 8.38. The monoisotopic (exact) mass is 271 g/mol. The van der Waals surface area contributed by atoms with E-state index in [0.717, 1.165) is 6.42 Å². The lowest BCUT2D eigenvalue weighted by molar-refractivity contribution is -0.123. The third kappa shape index (κ3) is 9.34. The Morgan fingerprint density at radius 2 is 1.83 bits per heavy atom. The molecule has 18 heavy (non-hydrogen) atoms. The lowest BCUT2D eigenvalue weighted by atomic mass is 10.0. The number of thioether (sulfide) groups is 1. The van der Waals surface area contributed by atoms with Gasteiger partial charge in [0.15, 0.2) is 0 Å². The largest absolute Gasteiger partial charge is 0.321 e. The number of nitrogens with one attached hydrogen (secondary N) is 1. The van der Waals surface area contributed by atoms with Crippen LogP contribution in [0.1, 0.15) is 54.9 Å². The Morgan fingerprint density at radius 3 is 2.22 bits per heavy atom. The first-order valence-electron chi connectivity index (χ1n) is 6.71. The van der Waals surface area contributed by atoms with Gasteiger partial charge in [-0.3, -0.25) is 4.79 Å². The molecule has 0 aliphatic carbocycles. The molecule has 0 aromatic carbocycles. The van der Waals surface area contributed by atoms with Crippen molar-refractivity contribution in [2.24, 2.45) is 11.8 Å². The fourth-order valence-corrected chi connectivity index (χ4v) is 1.63. The van der Waals surface area contributed by atoms with E-state index in [2.05, 4.69) is 38.1 Å². The zero-order chi connectivity index (χ0) is 14.7. The summed E-state index contributed by atoms with van der Waals surface area (Å²) in [5.41, 5.74) is 1.33. The normalized spacial score (nSPS) is 12.6. The van der Waals surface area contributed by atoms with Gasteiger partial charge in [0, 0.05) is 5.92 Å². The van der Waals surface area contributed by atoms with Crippen molar-refractivity contribution in [2.45, 2.75) is 54.9 Å². The molecule has 0 heterocycles. The molecule has 1 atom stereocenters. The molecule has 0 aromatic heterocycles. The standard InChI is InChI=1S/C13H23NOS.C2H6/c1-7-10(4)11(5)8-16-12(6)14-13(15)9(2)3;1-2/h8-10H,6-7H2,1-5H3,(H,14,15);1-2H3/b11-8-;/t10-;/m0./s1. The first-order valence-corrected chi connectivity index (χ1v) is 7.59. The summed E-state index contributed by atoms with van der Waals surface area (Å²) in [7, 11) is 0. The van der Waals surface area contributed by atoms with E-state index in [-0.39, 0.29) is 11.8 Å². The molecule has 1 amide bonds. The second-order valence-electron chi connectivity index (χ2n) is 4.36. The molecule has 0 unspecified atom stereocenters. The third-order valence-corrected chi connectivity index (χ3v) is 3.44. The van der Waals surface area contributed by atoms with Crippen LogP contribution in [0, 0.1) is 11.8 Å². The first kappa shape index (κ1) is 19.6. The summed E-state index contributed by atoms with van der Waals surface area (Å²) >= 11 is 1.49. The van der Waals surface area contributed by atoms with Crippen LogP contribution in [0.2, 0.25) is 0 Å². The van der Waals surface area contributed by atoms with Gasteiger partial charge in [-0.15, -0.1) is 0 Å². The fraction of sp³-hybridized carbons (Fsp3) is 0.667. The van der Waals surface area contributed by atoms with Gasteiger partial charge in [-0.2, -0.15) is 0 Å². The van der Waals surface area contributed by atoms with Crippen molar-refractivity contribution < 1.29 is 4.79 Å². The summed E-state index contributed by atoms with van der Waals surface area (Å²) in [6, 6.07) is 0. The summed E-state index contributed by atoms with van der Waals surface area (Å²) in [6.07, 6.45) is 1.13. The molecule has 0 saturated carbocycles. The van der Waals surface area contributed by atoms with Gasteiger partial charge in [0.05, 0.1) is 5.03 Å². The lowest BCUT2D eigenvalue weighted by Gasteiger charge is -2.11.